The second-order valence-electron chi connectivity index (χ2n) is 6.35. The van der Waals surface area contributed by atoms with Gasteiger partial charge in [0.25, 0.3) is 5.79 Å². The Labute approximate surface area is 125 Å². The summed E-state index contributed by atoms with van der Waals surface area (Å²) in [7, 11) is 0. The van der Waals surface area contributed by atoms with Gasteiger partial charge in [0.05, 0.1) is 0 Å². The lowest BCUT2D eigenvalue weighted by Crippen LogP contribution is -2.58. The van der Waals surface area contributed by atoms with Crippen LogP contribution in [0.1, 0.15) is 25.0 Å². The molecular formula is C19H20O2. The molecule has 0 bridgehead atoms. The topological polar surface area (TPSA) is 18.5 Å². The van der Waals surface area contributed by atoms with E-state index in [9.17, 15) is 0 Å². The number of rotatable bonds is 0. The number of fused-ring (bicyclic) bond motifs is 2. The largest absolute Gasteiger partial charge is 0.451 e. The van der Waals surface area contributed by atoms with Crippen molar-refractivity contribution in [1.29, 1.82) is 0 Å². The molecule has 2 heterocycles. The molecule has 2 heteroatoms. The van der Waals surface area contributed by atoms with Gasteiger partial charge in [0.15, 0.2) is 0 Å². The average molecular weight is 280 g/mol. The van der Waals surface area contributed by atoms with Crippen molar-refractivity contribution in [3.63, 3.8) is 0 Å². The third-order valence-corrected chi connectivity index (χ3v) is 4.91. The standard InChI is InChI=1S/C19H20O2/c1-13-11-15-7-3-5-9-17(15)20-19(13)14(2)12-16-8-4-6-10-18(16)21-19/h3-10,13-14H,11-12H2,1-2H3. The van der Waals surface area contributed by atoms with E-state index in [4.69, 9.17) is 9.47 Å². The lowest BCUT2D eigenvalue weighted by molar-refractivity contribution is -0.202. The van der Waals surface area contributed by atoms with Crippen LogP contribution < -0.4 is 9.47 Å². The Balaban J connectivity index is 1.78. The van der Waals surface area contributed by atoms with E-state index >= 15 is 0 Å². The molecule has 21 heavy (non-hydrogen) atoms. The van der Waals surface area contributed by atoms with Gasteiger partial charge in [-0.1, -0.05) is 50.2 Å². The van der Waals surface area contributed by atoms with E-state index in [-0.39, 0.29) is 0 Å². The highest BCUT2D eigenvalue weighted by molar-refractivity contribution is 5.40. The number of para-hydroxylation sites is 2. The van der Waals surface area contributed by atoms with Crippen molar-refractivity contribution < 1.29 is 9.47 Å². The van der Waals surface area contributed by atoms with Crippen molar-refractivity contribution in [3.05, 3.63) is 59.7 Å². The van der Waals surface area contributed by atoms with Crippen LogP contribution in [0.4, 0.5) is 0 Å². The third-order valence-electron chi connectivity index (χ3n) is 4.91. The normalized spacial score (nSPS) is 30.0. The quantitative estimate of drug-likeness (QED) is 0.719. The molecule has 0 radical (unpaired) electrons. The van der Waals surface area contributed by atoms with Gasteiger partial charge in [0.1, 0.15) is 11.5 Å². The smallest absolute Gasteiger partial charge is 0.256 e. The highest BCUT2D eigenvalue weighted by Gasteiger charge is 2.51. The second-order valence-corrected chi connectivity index (χ2v) is 6.35. The zero-order valence-electron chi connectivity index (χ0n) is 12.5. The van der Waals surface area contributed by atoms with Crippen LogP contribution in [0.15, 0.2) is 48.5 Å². The van der Waals surface area contributed by atoms with E-state index in [1.165, 1.54) is 11.1 Å². The van der Waals surface area contributed by atoms with Crippen molar-refractivity contribution >= 4 is 0 Å². The fourth-order valence-corrected chi connectivity index (χ4v) is 3.74. The van der Waals surface area contributed by atoms with E-state index in [1.54, 1.807) is 0 Å². The lowest BCUT2D eigenvalue weighted by Gasteiger charge is -2.49. The molecule has 1 spiro atoms. The first-order valence-electron chi connectivity index (χ1n) is 7.73. The minimum absolute atomic E-state index is 0.329. The third kappa shape index (κ3) is 1.85. The van der Waals surface area contributed by atoms with Crippen LogP contribution in [-0.2, 0) is 12.8 Å². The molecule has 2 atom stereocenters. The highest BCUT2D eigenvalue weighted by atomic mass is 16.7. The molecule has 2 aliphatic heterocycles. The van der Waals surface area contributed by atoms with Gasteiger partial charge >= 0.3 is 0 Å². The molecule has 0 N–H and O–H groups in total. The second kappa shape index (κ2) is 4.52. The Morgan fingerprint density at radius 2 is 1.19 bits per heavy atom. The van der Waals surface area contributed by atoms with Crippen LogP contribution in [-0.4, -0.2) is 5.79 Å². The lowest BCUT2D eigenvalue weighted by atomic mass is 9.78. The monoisotopic (exact) mass is 280 g/mol. The van der Waals surface area contributed by atoms with Crippen LogP contribution in [0.5, 0.6) is 11.5 Å². The van der Waals surface area contributed by atoms with Crippen molar-refractivity contribution in [2.45, 2.75) is 32.5 Å². The zero-order chi connectivity index (χ0) is 14.4. The summed E-state index contributed by atoms with van der Waals surface area (Å²) < 4.78 is 12.8. The number of hydrogen-bond acceptors (Lipinski definition) is 2. The van der Waals surface area contributed by atoms with Crippen molar-refractivity contribution in [2.75, 3.05) is 0 Å². The minimum Gasteiger partial charge on any atom is -0.451 e. The maximum atomic E-state index is 6.42. The number of ether oxygens (including phenoxy) is 2. The van der Waals surface area contributed by atoms with Gasteiger partial charge in [-0.2, -0.15) is 0 Å². The number of benzene rings is 2. The van der Waals surface area contributed by atoms with E-state index in [0.717, 1.165) is 24.3 Å². The molecule has 0 amide bonds. The van der Waals surface area contributed by atoms with E-state index < -0.39 is 5.79 Å². The molecule has 2 aromatic rings. The summed E-state index contributed by atoms with van der Waals surface area (Å²) >= 11 is 0. The summed E-state index contributed by atoms with van der Waals surface area (Å²) in [6.45, 7) is 4.47. The fraction of sp³-hybridized carbons (Fsp3) is 0.368. The van der Waals surface area contributed by atoms with Gasteiger partial charge in [-0.15, -0.1) is 0 Å². The van der Waals surface area contributed by atoms with Gasteiger partial charge in [0.2, 0.25) is 0 Å². The molecule has 108 valence electrons. The maximum absolute atomic E-state index is 6.42. The Morgan fingerprint density at radius 3 is 1.67 bits per heavy atom. The van der Waals surface area contributed by atoms with Gasteiger partial charge in [-0.05, 0) is 36.1 Å². The molecule has 0 saturated carbocycles. The summed E-state index contributed by atoms with van der Waals surface area (Å²) in [6.07, 6.45) is 2.01. The van der Waals surface area contributed by atoms with Crippen LogP contribution in [0.3, 0.4) is 0 Å². The predicted molar refractivity (Wildman–Crippen MR) is 82.6 cm³/mol. The molecule has 0 aromatic heterocycles. The molecule has 2 unspecified atom stereocenters. The molecule has 0 aliphatic carbocycles. The molecule has 4 rings (SSSR count). The molecule has 0 fully saturated rings. The first-order valence-corrected chi connectivity index (χ1v) is 7.73. The van der Waals surface area contributed by atoms with Crippen molar-refractivity contribution in [1.82, 2.24) is 0 Å². The van der Waals surface area contributed by atoms with Gasteiger partial charge in [-0.25, -0.2) is 0 Å². The summed E-state index contributed by atoms with van der Waals surface area (Å²) in [4.78, 5) is 0. The molecule has 2 aromatic carbocycles. The van der Waals surface area contributed by atoms with E-state index in [0.29, 0.717) is 11.8 Å². The first kappa shape index (κ1) is 12.8. The Kier molecular flexibility index (Phi) is 2.75. The van der Waals surface area contributed by atoms with Crippen LogP contribution in [0, 0.1) is 11.8 Å². The first-order chi connectivity index (χ1) is 10.2. The summed E-state index contributed by atoms with van der Waals surface area (Å²) in [5.74, 6) is 2.07. The molecular weight excluding hydrogens is 260 g/mol. The summed E-state index contributed by atoms with van der Waals surface area (Å²) in [6, 6.07) is 16.6. The van der Waals surface area contributed by atoms with Crippen LogP contribution in [0.2, 0.25) is 0 Å². The fourth-order valence-electron chi connectivity index (χ4n) is 3.74. The van der Waals surface area contributed by atoms with Crippen molar-refractivity contribution in [2.24, 2.45) is 11.8 Å². The van der Waals surface area contributed by atoms with E-state index in [1.807, 2.05) is 12.1 Å². The molecule has 0 saturated heterocycles. The minimum atomic E-state index is -0.539. The SMILES string of the molecule is CC1Cc2ccccc2OC12Oc1ccccc1CC2C. The summed E-state index contributed by atoms with van der Waals surface area (Å²) in [5, 5.41) is 0. The van der Waals surface area contributed by atoms with Crippen molar-refractivity contribution in [3.8, 4) is 11.5 Å². The predicted octanol–water partition coefficient (Wildman–Crippen LogP) is 4.23. The summed E-state index contributed by atoms with van der Waals surface area (Å²) in [5.41, 5.74) is 2.57. The average Bonchev–Trinajstić information content (AvgIpc) is 2.49. The highest BCUT2D eigenvalue weighted by Crippen LogP contribution is 2.46. The number of hydrogen-bond donors (Lipinski definition) is 0. The van der Waals surface area contributed by atoms with Crippen LogP contribution in [0.25, 0.3) is 0 Å². The maximum Gasteiger partial charge on any atom is 0.256 e. The van der Waals surface area contributed by atoms with Gasteiger partial charge in [-0.3, -0.25) is 0 Å². The Morgan fingerprint density at radius 1 is 0.762 bits per heavy atom. The molecule has 2 nitrogen and oxygen atoms in total. The molecule has 2 aliphatic rings. The van der Waals surface area contributed by atoms with Gasteiger partial charge < -0.3 is 9.47 Å². The Bertz CT molecular complexity index is 617. The Hall–Kier alpha value is -1.96. The van der Waals surface area contributed by atoms with Gasteiger partial charge in [0, 0.05) is 11.8 Å². The van der Waals surface area contributed by atoms with Crippen LogP contribution >= 0.6 is 0 Å². The van der Waals surface area contributed by atoms with E-state index in [2.05, 4.69) is 50.2 Å². The zero-order valence-corrected chi connectivity index (χ0v) is 12.5.